The molecule has 0 aromatic rings. The van der Waals surface area contributed by atoms with Gasteiger partial charge in [0.25, 0.3) is 0 Å². The minimum atomic E-state index is -1.82. The average Bonchev–Trinajstić information content (AvgIpc) is 1.89. The molecule has 6 nitrogen and oxygen atoms in total. The van der Waals surface area contributed by atoms with Gasteiger partial charge in [-0.3, -0.25) is 6.54 Å². The number of carbonyl (C=O) groups is 2. The van der Waals surface area contributed by atoms with Crippen LogP contribution >= 0.6 is 0 Å². The molecule has 0 aliphatic carbocycles. The van der Waals surface area contributed by atoms with Crippen LogP contribution in [-0.4, -0.2) is 28.7 Å². The standard InChI is InChI=1S/C2H7N2.C2H2O4.Ag/c3-1-2-4;3-1(4)2(5)6;/h1H,2-4H2;(H,3,4)(H,5,6);/q-1;;+1. The zero-order valence-electron chi connectivity index (χ0n) is 5.45. The van der Waals surface area contributed by atoms with Crippen LogP contribution in [0.25, 0.3) is 0 Å². The molecule has 0 heterocycles. The Bertz CT molecular complexity index is 105. The molecule has 0 aromatic heterocycles. The maximum Gasteiger partial charge on any atom is 1.00 e. The van der Waals surface area contributed by atoms with Gasteiger partial charge in [-0.25, -0.2) is 9.59 Å². The Morgan fingerprint density at radius 1 is 1.27 bits per heavy atom. The summed E-state index contributed by atoms with van der Waals surface area (Å²) in [6, 6.07) is 0. The number of rotatable bonds is 1. The van der Waals surface area contributed by atoms with Crippen LogP contribution in [0.5, 0.6) is 0 Å². The Labute approximate surface area is 79.1 Å². The van der Waals surface area contributed by atoms with E-state index in [0.29, 0.717) is 6.54 Å². The third-order valence-corrected chi connectivity index (χ3v) is 0.319. The molecular weight excluding hydrogens is 248 g/mol. The summed E-state index contributed by atoms with van der Waals surface area (Å²) in [7, 11) is 0. The zero-order valence-corrected chi connectivity index (χ0v) is 6.93. The van der Waals surface area contributed by atoms with Crippen LogP contribution in [0, 0.1) is 6.54 Å². The summed E-state index contributed by atoms with van der Waals surface area (Å²) in [6.07, 6.45) is 0. The van der Waals surface area contributed by atoms with Gasteiger partial charge in [0.1, 0.15) is 0 Å². The normalized spacial score (nSPS) is 6.73. The van der Waals surface area contributed by atoms with Crippen LogP contribution in [0.4, 0.5) is 0 Å². The van der Waals surface area contributed by atoms with Gasteiger partial charge in [0.15, 0.2) is 0 Å². The topological polar surface area (TPSA) is 127 Å². The summed E-state index contributed by atoms with van der Waals surface area (Å²) in [5.41, 5.74) is 9.62. The van der Waals surface area contributed by atoms with Gasteiger partial charge in [0.05, 0.1) is 0 Å². The molecule has 0 rings (SSSR count). The molecule has 0 aromatic carbocycles. The Morgan fingerprint density at radius 3 is 1.45 bits per heavy atom. The molecule has 11 heavy (non-hydrogen) atoms. The molecule has 70 valence electrons. The second-order valence-corrected chi connectivity index (χ2v) is 1.08. The zero-order chi connectivity index (χ0) is 8.57. The van der Waals surface area contributed by atoms with Crippen molar-refractivity contribution in [2.24, 2.45) is 11.5 Å². The van der Waals surface area contributed by atoms with Gasteiger partial charge in [0, 0.05) is 0 Å². The average molecular weight is 257 g/mol. The maximum absolute atomic E-state index is 9.10. The van der Waals surface area contributed by atoms with Crippen LogP contribution in [0.3, 0.4) is 0 Å². The monoisotopic (exact) mass is 256 g/mol. The number of carboxylic acids is 2. The van der Waals surface area contributed by atoms with Crippen LogP contribution in [-0.2, 0) is 32.0 Å². The van der Waals surface area contributed by atoms with E-state index >= 15 is 0 Å². The van der Waals surface area contributed by atoms with Crippen LogP contribution < -0.4 is 11.5 Å². The smallest absolute Gasteiger partial charge is 0.482 e. The van der Waals surface area contributed by atoms with Crippen LogP contribution in [0.15, 0.2) is 0 Å². The Morgan fingerprint density at radius 2 is 1.45 bits per heavy atom. The molecule has 0 saturated carbocycles. The second-order valence-electron chi connectivity index (χ2n) is 1.08. The number of nitrogens with two attached hydrogens (primary N) is 2. The van der Waals surface area contributed by atoms with Crippen molar-refractivity contribution in [1.29, 1.82) is 0 Å². The summed E-state index contributed by atoms with van der Waals surface area (Å²) in [5, 5.41) is 14.8. The van der Waals surface area contributed by atoms with Crippen molar-refractivity contribution in [2.45, 2.75) is 0 Å². The van der Waals surface area contributed by atoms with Crippen LogP contribution in [0.1, 0.15) is 0 Å². The van der Waals surface area contributed by atoms with E-state index in [1.165, 1.54) is 6.54 Å². The van der Waals surface area contributed by atoms with Crippen molar-refractivity contribution in [2.75, 3.05) is 6.54 Å². The van der Waals surface area contributed by atoms with Gasteiger partial charge in [-0.15, -0.1) is 6.54 Å². The Hall–Kier alpha value is -0.400. The van der Waals surface area contributed by atoms with E-state index in [1.807, 2.05) is 0 Å². The first-order valence-electron chi connectivity index (χ1n) is 2.26. The molecule has 0 spiro atoms. The van der Waals surface area contributed by atoms with Crippen molar-refractivity contribution < 1.29 is 42.2 Å². The van der Waals surface area contributed by atoms with Gasteiger partial charge >= 0.3 is 34.3 Å². The van der Waals surface area contributed by atoms with Gasteiger partial charge in [0.2, 0.25) is 0 Å². The van der Waals surface area contributed by atoms with Gasteiger partial charge < -0.3 is 21.7 Å². The third-order valence-electron chi connectivity index (χ3n) is 0.319. The van der Waals surface area contributed by atoms with E-state index in [2.05, 4.69) is 0 Å². The molecule has 0 saturated heterocycles. The molecule has 7 heteroatoms. The van der Waals surface area contributed by atoms with E-state index in [0.717, 1.165) is 0 Å². The summed E-state index contributed by atoms with van der Waals surface area (Å²) in [4.78, 5) is 18.2. The van der Waals surface area contributed by atoms with Crippen LogP contribution in [0.2, 0.25) is 0 Å². The first-order valence-corrected chi connectivity index (χ1v) is 2.26. The summed E-state index contributed by atoms with van der Waals surface area (Å²) >= 11 is 0. The molecule has 6 N–H and O–H groups in total. The molecule has 0 aliphatic heterocycles. The van der Waals surface area contributed by atoms with Crippen molar-refractivity contribution in [3.05, 3.63) is 6.54 Å². The molecule has 0 bridgehead atoms. The molecule has 0 atom stereocenters. The van der Waals surface area contributed by atoms with E-state index in [9.17, 15) is 0 Å². The van der Waals surface area contributed by atoms with Crippen molar-refractivity contribution in [3.8, 4) is 0 Å². The van der Waals surface area contributed by atoms with Crippen molar-refractivity contribution in [1.82, 2.24) is 0 Å². The Balaban J connectivity index is -0.000000114. The quantitative estimate of drug-likeness (QED) is 0.250. The molecule has 0 aliphatic rings. The molecule has 0 radical (unpaired) electrons. The fourth-order valence-electron chi connectivity index (χ4n) is 0. The maximum atomic E-state index is 9.10. The number of aliphatic carboxylic acids is 2. The van der Waals surface area contributed by atoms with Crippen molar-refractivity contribution >= 4 is 11.9 Å². The van der Waals surface area contributed by atoms with E-state index in [-0.39, 0.29) is 22.4 Å². The third kappa shape index (κ3) is 26.2. The number of carboxylic acid groups (broad SMARTS) is 2. The molecular formula is C4H9AgN2O4. The van der Waals surface area contributed by atoms with E-state index in [1.54, 1.807) is 0 Å². The van der Waals surface area contributed by atoms with Crippen molar-refractivity contribution in [3.63, 3.8) is 0 Å². The predicted octanol–water partition coefficient (Wildman–Crippen LogP) is -1.78. The Kier molecular flexibility index (Phi) is 18.9. The molecule has 0 unspecified atom stereocenters. The van der Waals surface area contributed by atoms with E-state index < -0.39 is 11.9 Å². The number of hydrogen-bond donors (Lipinski definition) is 4. The van der Waals surface area contributed by atoms with Gasteiger partial charge in [-0.2, -0.15) is 0 Å². The van der Waals surface area contributed by atoms with E-state index in [4.69, 9.17) is 31.3 Å². The fourth-order valence-corrected chi connectivity index (χ4v) is 0. The first-order chi connectivity index (χ1) is 4.56. The van der Waals surface area contributed by atoms with Gasteiger partial charge in [-0.1, -0.05) is 0 Å². The summed E-state index contributed by atoms with van der Waals surface area (Å²) in [6.45, 7) is 1.88. The SMILES string of the molecule is N[CH-]CN.O=C(O)C(=O)O.[Ag+]. The number of hydrogen-bond acceptors (Lipinski definition) is 4. The molecule has 0 fully saturated rings. The predicted molar refractivity (Wildman–Crippen MR) is 32.8 cm³/mol. The largest absolute Gasteiger partial charge is 1.00 e. The summed E-state index contributed by atoms with van der Waals surface area (Å²) < 4.78 is 0. The first kappa shape index (κ1) is 16.9. The molecule has 0 amide bonds. The fraction of sp³-hybridized carbons (Fsp3) is 0.250. The summed E-state index contributed by atoms with van der Waals surface area (Å²) in [5.74, 6) is -3.65. The van der Waals surface area contributed by atoms with Gasteiger partial charge in [-0.05, 0) is 0 Å². The minimum absolute atomic E-state index is 0. The second kappa shape index (κ2) is 12.3. The minimum Gasteiger partial charge on any atom is -0.482 e.